The number of sulfonamides is 1. The first kappa shape index (κ1) is 36.5. The summed E-state index contributed by atoms with van der Waals surface area (Å²) in [4.78, 5) is 30.1. The number of nitrogens with zero attached hydrogens (tertiary/aromatic N) is 2. The number of halogens is 1. The summed E-state index contributed by atoms with van der Waals surface area (Å²) in [6, 6.07) is 27.0. The first-order valence-electron chi connectivity index (χ1n) is 15.7. The Hall–Kier alpha value is -4.35. The van der Waals surface area contributed by atoms with Crippen molar-refractivity contribution < 1.29 is 27.5 Å². The molecule has 0 saturated carbocycles. The standard InChI is InChI=1S/C37H42BrN3O6S/c1-6-27(3)39-37(43)34(22-28-11-8-7-9-12-28)40(24-29-13-10-14-31(21-29)46-4)36(42)25-41(30-17-15-26(2)16-18-30)48(44,45)32-19-20-35(47-5)33(38)23-32/h7-21,23,27,34H,6,22,24-25H2,1-5H3,(H,39,43). The summed E-state index contributed by atoms with van der Waals surface area (Å²) in [6.45, 7) is 5.26. The van der Waals surface area contributed by atoms with Crippen molar-refractivity contribution in [2.45, 2.75) is 57.1 Å². The number of benzene rings is 4. The predicted molar refractivity (Wildman–Crippen MR) is 192 cm³/mol. The number of hydrogen-bond acceptors (Lipinski definition) is 6. The summed E-state index contributed by atoms with van der Waals surface area (Å²) in [5, 5.41) is 3.05. The van der Waals surface area contributed by atoms with Crippen LogP contribution in [-0.4, -0.2) is 58.0 Å². The molecule has 0 bridgehead atoms. The number of ether oxygens (including phenoxy) is 2. The van der Waals surface area contributed by atoms with Crippen LogP contribution in [0, 0.1) is 6.92 Å². The molecule has 0 spiro atoms. The second kappa shape index (κ2) is 16.7. The minimum atomic E-state index is -4.27. The van der Waals surface area contributed by atoms with Gasteiger partial charge in [0, 0.05) is 19.0 Å². The van der Waals surface area contributed by atoms with Gasteiger partial charge in [0.2, 0.25) is 11.8 Å². The van der Waals surface area contributed by atoms with E-state index in [1.165, 1.54) is 24.1 Å². The summed E-state index contributed by atoms with van der Waals surface area (Å²) < 4.78 is 41.0. The number of amides is 2. The topological polar surface area (TPSA) is 105 Å². The minimum absolute atomic E-state index is 0.0294. The summed E-state index contributed by atoms with van der Waals surface area (Å²) >= 11 is 3.39. The summed E-state index contributed by atoms with van der Waals surface area (Å²) in [7, 11) is -1.23. The van der Waals surface area contributed by atoms with E-state index in [1.54, 1.807) is 49.6 Å². The smallest absolute Gasteiger partial charge is 0.264 e. The van der Waals surface area contributed by atoms with Crippen molar-refractivity contribution in [3.8, 4) is 11.5 Å². The summed E-state index contributed by atoms with van der Waals surface area (Å²) in [5.74, 6) is 0.188. The monoisotopic (exact) mass is 735 g/mol. The van der Waals surface area contributed by atoms with E-state index in [0.29, 0.717) is 28.1 Å². The van der Waals surface area contributed by atoms with Crippen LogP contribution in [0.4, 0.5) is 5.69 Å². The Morgan fingerprint density at radius 1 is 0.875 bits per heavy atom. The Balaban J connectivity index is 1.83. The maximum absolute atomic E-state index is 14.7. The number of anilines is 1. The van der Waals surface area contributed by atoms with E-state index in [0.717, 1.165) is 21.0 Å². The number of hydrogen-bond donors (Lipinski definition) is 1. The average Bonchev–Trinajstić information content (AvgIpc) is 3.09. The molecule has 4 aromatic carbocycles. The van der Waals surface area contributed by atoms with Gasteiger partial charge in [-0.25, -0.2) is 8.42 Å². The molecule has 1 N–H and O–H groups in total. The Morgan fingerprint density at radius 3 is 2.19 bits per heavy atom. The molecule has 2 atom stereocenters. The lowest BCUT2D eigenvalue weighted by Crippen LogP contribution is -2.54. The van der Waals surface area contributed by atoms with Gasteiger partial charge >= 0.3 is 0 Å². The van der Waals surface area contributed by atoms with Gasteiger partial charge in [-0.05, 0) is 89.8 Å². The first-order valence-corrected chi connectivity index (χ1v) is 17.9. The summed E-state index contributed by atoms with van der Waals surface area (Å²) in [6.07, 6.45) is 0.923. The fourth-order valence-electron chi connectivity index (χ4n) is 5.14. The number of rotatable bonds is 15. The normalized spacial score (nSPS) is 12.5. The Morgan fingerprint density at radius 2 is 1.56 bits per heavy atom. The third-order valence-corrected chi connectivity index (χ3v) is 10.5. The molecule has 0 aliphatic rings. The summed E-state index contributed by atoms with van der Waals surface area (Å²) in [5.41, 5.74) is 2.82. The average molecular weight is 737 g/mol. The first-order chi connectivity index (χ1) is 23.0. The highest BCUT2D eigenvalue weighted by atomic mass is 79.9. The molecule has 4 rings (SSSR count). The molecule has 4 aromatic rings. The van der Waals surface area contributed by atoms with Gasteiger partial charge in [0.1, 0.15) is 24.1 Å². The van der Waals surface area contributed by atoms with Crippen LogP contribution in [0.15, 0.2) is 106 Å². The maximum atomic E-state index is 14.7. The van der Waals surface area contributed by atoms with Crippen LogP contribution in [0.2, 0.25) is 0 Å². The van der Waals surface area contributed by atoms with Crippen LogP contribution in [0.25, 0.3) is 0 Å². The highest BCUT2D eigenvalue weighted by Crippen LogP contribution is 2.31. The lowest BCUT2D eigenvalue weighted by molar-refractivity contribution is -0.140. The van der Waals surface area contributed by atoms with E-state index in [1.807, 2.05) is 63.2 Å². The number of nitrogens with one attached hydrogen (secondary N) is 1. The molecular formula is C37H42BrN3O6S. The molecule has 0 aliphatic carbocycles. The fourth-order valence-corrected chi connectivity index (χ4v) is 7.27. The van der Waals surface area contributed by atoms with Gasteiger partial charge in [-0.2, -0.15) is 0 Å². The number of carbonyl (C=O) groups is 2. The van der Waals surface area contributed by atoms with Crippen molar-refractivity contribution >= 4 is 43.5 Å². The van der Waals surface area contributed by atoms with Gasteiger partial charge in [0.25, 0.3) is 10.0 Å². The quantitative estimate of drug-likeness (QED) is 0.149. The van der Waals surface area contributed by atoms with Crippen molar-refractivity contribution in [1.82, 2.24) is 10.2 Å². The lowest BCUT2D eigenvalue weighted by Gasteiger charge is -2.34. The van der Waals surface area contributed by atoms with Crippen LogP contribution in [0.5, 0.6) is 11.5 Å². The fraction of sp³-hybridized carbons (Fsp3) is 0.297. The third kappa shape index (κ3) is 9.17. The Bertz CT molecular complexity index is 1800. The second-order valence-electron chi connectivity index (χ2n) is 11.5. The molecule has 254 valence electrons. The van der Waals surface area contributed by atoms with Crippen LogP contribution < -0.4 is 19.1 Å². The molecule has 11 heteroatoms. The third-order valence-electron chi connectivity index (χ3n) is 8.07. The highest BCUT2D eigenvalue weighted by molar-refractivity contribution is 9.10. The van der Waals surface area contributed by atoms with Gasteiger partial charge < -0.3 is 19.7 Å². The van der Waals surface area contributed by atoms with Gasteiger partial charge in [0.05, 0.1) is 29.3 Å². The maximum Gasteiger partial charge on any atom is 0.264 e. The number of methoxy groups -OCH3 is 2. The van der Waals surface area contributed by atoms with Crippen molar-refractivity contribution in [2.24, 2.45) is 0 Å². The second-order valence-corrected chi connectivity index (χ2v) is 14.3. The number of carbonyl (C=O) groups excluding carboxylic acids is 2. The SMILES string of the molecule is CCC(C)NC(=O)C(Cc1ccccc1)N(Cc1cccc(OC)c1)C(=O)CN(c1ccc(C)cc1)S(=O)(=O)c1ccc(OC)c(Br)c1. The Kier molecular flexibility index (Phi) is 12.7. The van der Waals surface area contributed by atoms with Crippen molar-refractivity contribution in [1.29, 1.82) is 0 Å². The van der Waals surface area contributed by atoms with Gasteiger partial charge in [-0.1, -0.05) is 67.1 Å². The molecular weight excluding hydrogens is 694 g/mol. The molecule has 0 heterocycles. The predicted octanol–water partition coefficient (Wildman–Crippen LogP) is 6.52. The molecule has 0 aromatic heterocycles. The van der Waals surface area contributed by atoms with Gasteiger partial charge in [-0.3, -0.25) is 13.9 Å². The zero-order valence-corrected chi connectivity index (χ0v) is 30.3. The Labute approximate surface area is 292 Å². The van der Waals surface area contributed by atoms with E-state index in [2.05, 4.69) is 21.2 Å². The molecule has 0 radical (unpaired) electrons. The molecule has 0 saturated heterocycles. The highest BCUT2D eigenvalue weighted by Gasteiger charge is 2.35. The van der Waals surface area contributed by atoms with Crippen molar-refractivity contribution in [3.05, 3.63) is 118 Å². The molecule has 48 heavy (non-hydrogen) atoms. The van der Waals surface area contributed by atoms with Crippen molar-refractivity contribution in [3.63, 3.8) is 0 Å². The molecule has 2 amide bonds. The van der Waals surface area contributed by atoms with E-state index in [-0.39, 0.29) is 29.8 Å². The lowest BCUT2D eigenvalue weighted by atomic mass is 10.0. The van der Waals surface area contributed by atoms with Crippen molar-refractivity contribution in [2.75, 3.05) is 25.1 Å². The van der Waals surface area contributed by atoms with Crippen LogP contribution in [0.3, 0.4) is 0 Å². The molecule has 0 fully saturated rings. The van der Waals surface area contributed by atoms with E-state index < -0.39 is 28.5 Å². The number of aryl methyl sites for hydroxylation is 1. The molecule has 0 aliphatic heterocycles. The van der Waals surface area contributed by atoms with Crippen LogP contribution in [0.1, 0.15) is 37.0 Å². The van der Waals surface area contributed by atoms with Crippen LogP contribution in [-0.2, 0) is 32.6 Å². The zero-order valence-electron chi connectivity index (χ0n) is 27.9. The largest absolute Gasteiger partial charge is 0.497 e. The van der Waals surface area contributed by atoms with E-state index >= 15 is 0 Å². The zero-order chi connectivity index (χ0) is 34.8. The van der Waals surface area contributed by atoms with E-state index in [4.69, 9.17) is 9.47 Å². The van der Waals surface area contributed by atoms with Crippen LogP contribution >= 0.6 is 15.9 Å². The molecule has 9 nitrogen and oxygen atoms in total. The molecule has 2 unspecified atom stereocenters. The van der Waals surface area contributed by atoms with Gasteiger partial charge in [0.15, 0.2) is 0 Å². The van der Waals surface area contributed by atoms with Gasteiger partial charge in [-0.15, -0.1) is 0 Å². The minimum Gasteiger partial charge on any atom is -0.497 e. The van der Waals surface area contributed by atoms with E-state index in [9.17, 15) is 18.0 Å².